The summed E-state index contributed by atoms with van der Waals surface area (Å²) < 4.78 is 5.35. The maximum atomic E-state index is 12.9. The fourth-order valence-electron chi connectivity index (χ4n) is 2.72. The Morgan fingerprint density at radius 1 is 1.46 bits per heavy atom. The number of carbonyl (C=O) groups excluding carboxylic acids is 1. The molecule has 0 saturated heterocycles. The number of amides is 1. The van der Waals surface area contributed by atoms with Crippen LogP contribution in [0.4, 0.5) is 0 Å². The fraction of sp³-hybridized carbons (Fsp3) is 0.368. The molecule has 2 aromatic rings. The predicted molar refractivity (Wildman–Crippen MR) is 99.0 cm³/mol. The van der Waals surface area contributed by atoms with Crippen LogP contribution in [0.2, 0.25) is 0 Å². The van der Waals surface area contributed by atoms with Crippen LogP contribution < -0.4 is 4.74 Å². The Hall–Kier alpha value is -2.14. The summed E-state index contributed by atoms with van der Waals surface area (Å²) >= 11 is 1.66. The second-order valence-electron chi connectivity index (χ2n) is 5.79. The molecule has 0 saturated carbocycles. The summed E-state index contributed by atoms with van der Waals surface area (Å²) in [5.41, 5.74) is 2.57. The number of thiazole rings is 1. The summed E-state index contributed by atoms with van der Waals surface area (Å²) in [6.45, 7) is 9.80. The van der Waals surface area contributed by atoms with E-state index in [4.69, 9.17) is 4.74 Å². The summed E-state index contributed by atoms with van der Waals surface area (Å²) in [6.07, 6.45) is 2.47. The van der Waals surface area contributed by atoms with Crippen molar-refractivity contribution in [3.8, 4) is 5.75 Å². The molecule has 0 aliphatic carbocycles. The number of allylic oxidation sites excluding steroid dienone is 1. The zero-order valence-electron chi connectivity index (χ0n) is 14.9. The molecule has 0 bridgehead atoms. The lowest BCUT2D eigenvalue weighted by Gasteiger charge is -2.25. The first kappa shape index (κ1) is 18.2. The first-order valence-electron chi connectivity index (χ1n) is 7.88. The third kappa shape index (κ3) is 3.67. The van der Waals surface area contributed by atoms with Gasteiger partial charge in [0.1, 0.15) is 5.75 Å². The number of carbonyl (C=O) groups is 1. The molecular formula is C19H24N2O2S. The largest absolute Gasteiger partial charge is 0.496 e. The molecule has 2 rings (SSSR count). The molecule has 128 valence electrons. The van der Waals surface area contributed by atoms with E-state index in [2.05, 4.69) is 11.6 Å². The van der Waals surface area contributed by atoms with Gasteiger partial charge in [0.2, 0.25) is 0 Å². The monoisotopic (exact) mass is 344 g/mol. The van der Waals surface area contributed by atoms with Crippen molar-refractivity contribution in [3.63, 3.8) is 0 Å². The van der Waals surface area contributed by atoms with Crippen LogP contribution in [-0.4, -0.2) is 29.9 Å². The molecule has 24 heavy (non-hydrogen) atoms. The maximum Gasteiger partial charge on any atom is 0.254 e. The predicted octanol–water partition coefficient (Wildman–Crippen LogP) is 4.33. The molecule has 0 N–H and O–H groups in total. The molecule has 5 heteroatoms. The van der Waals surface area contributed by atoms with Crippen LogP contribution in [0.5, 0.6) is 5.75 Å². The second kappa shape index (κ2) is 7.62. The number of ether oxygens (including phenoxy) is 1. The van der Waals surface area contributed by atoms with Gasteiger partial charge in [0, 0.05) is 17.5 Å². The van der Waals surface area contributed by atoms with E-state index < -0.39 is 0 Å². The number of benzene rings is 1. The van der Waals surface area contributed by atoms with Gasteiger partial charge in [-0.15, -0.1) is 17.9 Å². The molecule has 1 aromatic heterocycles. The second-order valence-corrected chi connectivity index (χ2v) is 7.19. The number of nitrogens with zero attached hydrogens (tertiary/aromatic N) is 2. The average molecular weight is 344 g/mol. The van der Waals surface area contributed by atoms with Gasteiger partial charge in [0.25, 0.3) is 5.91 Å². The van der Waals surface area contributed by atoms with E-state index >= 15 is 0 Å². The average Bonchev–Trinajstić information content (AvgIpc) is 2.91. The minimum absolute atomic E-state index is 0.0273. The SMILES string of the molecule is C=CCc1cc(C(=O)N(C)C(C)c2nc(C)sc2C)ccc1OC. The smallest absolute Gasteiger partial charge is 0.254 e. The number of aromatic nitrogens is 1. The first-order chi connectivity index (χ1) is 11.4. The van der Waals surface area contributed by atoms with Crippen molar-refractivity contribution in [1.29, 1.82) is 0 Å². The topological polar surface area (TPSA) is 42.4 Å². The van der Waals surface area contributed by atoms with E-state index in [1.54, 1.807) is 35.5 Å². The van der Waals surface area contributed by atoms with Crippen LogP contribution in [0.25, 0.3) is 0 Å². The van der Waals surface area contributed by atoms with E-state index in [1.165, 1.54) is 0 Å². The molecule has 0 aliphatic heterocycles. The minimum Gasteiger partial charge on any atom is -0.496 e. The molecule has 1 unspecified atom stereocenters. The molecule has 1 atom stereocenters. The van der Waals surface area contributed by atoms with Crippen LogP contribution in [0.15, 0.2) is 30.9 Å². The Morgan fingerprint density at radius 2 is 2.17 bits per heavy atom. The van der Waals surface area contributed by atoms with Crippen molar-refractivity contribution >= 4 is 17.2 Å². The van der Waals surface area contributed by atoms with Gasteiger partial charge < -0.3 is 9.64 Å². The molecule has 4 nitrogen and oxygen atoms in total. The summed E-state index contributed by atoms with van der Waals surface area (Å²) in [6, 6.07) is 5.44. The highest BCUT2D eigenvalue weighted by atomic mass is 32.1. The van der Waals surface area contributed by atoms with Crippen molar-refractivity contribution in [2.45, 2.75) is 33.2 Å². The Balaban J connectivity index is 2.28. The Labute approximate surface area is 147 Å². The zero-order valence-corrected chi connectivity index (χ0v) is 15.7. The van der Waals surface area contributed by atoms with E-state index in [-0.39, 0.29) is 11.9 Å². The van der Waals surface area contributed by atoms with Crippen LogP contribution in [0.1, 0.15) is 44.5 Å². The number of hydrogen-bond donors (Lipinski definition) is 0. The van der Waals surface area contributed by atoms with Crippen molar-refractivity contribution in [1.82, 2.24) is 9.88 Å². The lowest BCUT2D eigenvalue weighted by atomic mass is 10.0. The van der Waals surface area contributed by atoms with Gasteiger partial charge in [0.05, 0.1) is 23.9 Å². The third-order valence-electron chi connectivity index (χ3n) is 4.13. The molecule has 1 heterocycles. The Kier molecular flexibility index (Phi) is 5.78. The fourth-order valence-corrected chi connectivity index (χ4v) is 3.63. The maximum absolute atomic E-state index is 12.9. The summed E-state index contributed by atoms with van der Waals surface area (Å²) in [4.78, 5) is 20.3. The number of methoxy groups -OCH3 is 1. The van der Waals surface area contributed by atoms with E-state index in [1.807, 2.05) is 40.0 Å². The molecule has 0 aliphatic rings. The molecular weight excluding hydrogens is 320 g/mol. The molecule has 1 amide bonds. The van der Waals surface area contributed by atoms with Gasteiger partial charge in [-0.1, -0.05) is 6.08 Å². The van der Waals surface area contributed by atoms with Crippen LogP contribution in [0.3, 0.4) is 0 Å². The number of aryl methyl sites for hydroxylation is 2. The van der Waals surface area contributed by atoms with Gasteiger partial charge in [-0.3, -0.25) is 4.79 Å². The van der Waals surface area contributed by atoms with Crippen molar-refractivity contribution < 1.29 is 9.53 Å². The highest BCUT2D eigenvalue weighted by Crippen LogP contribution is 2.28. The number of hydrogen-bond acceptors (Lipinski definition) is 4. The Bertz CT molecular complexity index is 752. The summed E-state index contributed by atoms with van der Waals surface area (Å²) in [7, 11) is 3.45. The van der Waals surface area contributed by atoms with Gasteiger partial charge >= 0.3 is 0 Å². The zero-order chi connectivity index (χ0) is 17.9. The Morgan fingerprint density at radius 3 is 2.71 bits per heavy atom. The van der Waals surface area contributed by atoms with Gasteiger partial charge in [-0.05, 0) is 51.0 Å². The van der Waals surface area contributed by atoms with Gasteiger partial charge in [0.15, 0.2) is 0 Å². The quantitative estimate of drug-likeness (QED) is 0.733. The van der Waals surface area contributed by atoms with Crippen molar-refractivity contribution in [2.24, 2.45) is 0 Å². The minimum atomic E-state index is -0.0765. The van der Waals surface area contributed by atoms with Crippen LogP contribution in [-0.2, 0) is 6.42 Å². The first-order valence-corrected chi connectivity index (χ1v) is 8.69. The van der Waals surface area contributed by atoms with E-state index in [0.717, 1.165) is 26.9 Å². The lowest BCUT2D eigenvalue weighted by Crippen LogP contribution is -2.30. The number of rotatable bonds is 6. The highest BCUT2D eigenvalue weighted by molar-refractivity contribution is 7.11. The van der Waals surface area contributed by atoms with E-state index in [9.17, 15) is 4.79 Å². The molecule has 0 spiro atoms. The molecule has 0 fully saturated rings. The highest BCUT2D eigenvalue weighted by Gasteiger charge is 2.23. The van der Waals surface area contributed by atoms with Crippen molar-refractivity contribution in [2.75, 3.05) is 14.2 Å². The third-order valence-corrected chi connectivity index (χ3v) is 5.03. The van der Waals surface area contributed by atoms with Crippen LogP contribution >= 0.6 is 11.3 Å². The summed E-state index contributed by atoms with van der Waals surface area (Å²) in [5.74, 6) is 0.744. The normalized spacial score (nSPS) is 11.9. The molecule has 0 radical (unpaired) electrons. The van der Waals surface area contributed by atoms with Crippen molar-refractivity contribution in [3.05, 3.63) is 57.6 Å². The lowest BCUT2D eigenvalue weighted by molar-refractivity contribution is 0.0739. The summed E-state index contributed by atoms with van der Waals surface area (Å²) in [5, 5.41) is 1.02. The van der Waals surface area contributed by atoms with Gasteiger partial charge in [-0.2, -0.15) is 0 Å². The van der Waals surface area contributed by atoms with Gasteiger partial charge in [-0.25, -0.2) is 4.98 Å². The molecule has 1 aromatic carbocycles. The standard InChI is InChI=1S/C19H24N2O2S/c1-7-8-15-11-16(9-10-17(15)23-6)19(22)21(5)12(2)18-13(3)24-14(4)20-18/h7,9-12H,1,8H2,2-6H3. The van der Waals surface area contributed by atoms with Crippen LogP contribution in [0, 0.1) is 13.8 Å². The van der Waals surface area contributed by atoms with E-state index in [0.29, 0.717) is 12.0 Å².